The largest absolute Gasteiger partial charge is 1.00 e. The number of aliphatic hydroxyl groups excluding tert-OH is 1. The van der Waals surface area contributed by atoms with Crippen LogP contribution in [0.1, 0.15) is 24.2 Å². The molecule has 132 valence electrons. The summed E-state index contributed by atoms with van der Waals surface area (Å²) in [5, 5.41) is 13.9. The highest BCUT2D eigenvalue weighted by atomic mass is 35.5. The topological polar surface area (TPSA) is 50.7 Å². The Kier molecular flexibility index (Phi) is 8.93. The smallest absolute Gasteiger partial charge is 0.179 e. The Hall–Kier alpha value is -1.46. The van der Waals surface area contributed by atoms with Crippen molar-refractivity contribution in [2.45, 2.75) is 19.6 Å². The first-order chi connectivity index (χ1) is 11.2. The van der Waals surface area contributed by atoms with Gasteiger partial charge in [0.15, 0.2) is 11.5 Å². The molecular formula is C18H22Cl2NO3-. The van der Waals surface area contributed by atoms with E-state index in [1.165, 1.54) is 0 Å². The zero-order valence-corrected chi connectivity index (χ0v) is 15.3. The summed E-state index contributed by atoms with van der Waals surface area (Å²) >= 11 is 6.25. The van der Waals surface area contributed by atoms with Crippen molar-refractivity contribution in [3.8, 4) is 11.5 Å². The van der Waals surface area contributed by atoms with E-state index >= 15 is 0 Å². The van der Waals surface area contributed by atoms with Crippen molar-refractivity contribution >= 4 is 11.6 Å². The number of nitrogens with one attached hydrogen (secondary N) is 1. The Bertz CT molecular complexity index is 623. The summed E-state index contributed by atoms with van der Waals surface area (Å²) in [7, 11) is 1.59. The maximum Gasteiger partial charge on any atom is 0.179 e. The van der Waals surface area contributed by atoms with Crippen LogP contribution in [0.25, 0.3) is 0 Å². The molecule has 2 aromatic carbocycles. The molecule has 0 aliphatic rings. The van der Waals surface area contributed by atoms with Gasteiger partial charge >= 0.3 is 0 Å². The van der Waals surface area contributed by atoms with E-state index in [2.05, 4.69) is 5.32 Å². The van der Waals surface area contributed by atoms with Gasteiger partial charge in [0.2, 0.25) is 0 Å². The predicted octanol–water partition coefficient (Wildman–Crippen LogP) is 0.574. The SMILES string of the molecule is CCOc1c(Cl)cc(CNCC(O)c2ccccc2)cc1OC.[Cl-]. The second-order valence-corrected chi connectivity index (χ2v) is 5.51. The molecule has 0 bridgehead atoms. The van der Waals surface area contributed by atoms with Gasteiger partial charge in [-0.3, -0.25) is 0 Å². The molecule has 0 fully saturated rings. The Morgan fingerprint density at radius 2 is 1.92 bits per heavy atom. The third-order valence-electron chi connectivity index (χ3n) is 3.43. The minimum absolute atomic E-state index is 0. The summed E-state index contributed by atoms with van der Waals surface area (Å²) in [5.41, 5.74) is 1.86. The number of rotatable bonds is 8. The zero-order valence-electron chi connectivity index (χ0n) is 13.8. The van der Waals surface area contributed by atoms with Crippen LogP contribution in [-0.4, -0.2) is 25.4 Å². The average molecular weight is 371 g/mol. The molecular weight excluding hydrogens is 349 g/mol. The summed E-state index contributed by atoms with van der Waals surface area (Å²) < 4.78 is 10.8. The van der Waals surface area contributed by atoms with Crippen LogP contribution in [0, 0.1) is 0 Å². The lowest BCUT2D eigenvalue weighted by molar-refractivity contribution is -0.00000705. The number of aliphatic hydroxyl groups is 1. The highest BCUT2D eigenvalue weighted by Crippen LogP contribution is 2.36. The zero-order chi connectivity index (χ0) is 16.7. The molecule has 0 aromatic heterocycles. The molecule has 0 radical (unpaired) electrons. The van der Waals surface area contributed by atoms with Crippen molar-refractivity contribution in [1.82, 2.24) is 5.32 Å². The van der Waals surface area contributed by atoms with Crippen LogP contribution in [0.4, 0.5) is 0 Å². The van der Waals surface area contributed by atoms with Gasteiger partial charge in [-0.2, -0.15) is 0 Å². The third kappa shape index (κ3) is 5.56. The molecule has 4 nitrogen and oxygen atoms in total. The maximum atomic E-state index is 10.1. The van der Waals surface area contributed by atoms with Gasteiger partial charge < -0.3 is 32.3 Å². The summed E-state index contributed by atoms with van der Waals surface area (Å²) in [6, 6.07) is 13.3. The Labute approximate surface area is 154 Å². The molecule has 1 unspecified atom stereocenters. The van der Waals surface area contributed by atoms with E-state index in [0.717, 1.165) is 11.1 Å². The van der Waals surface area contributed by atoms with Crippen molar-refractivity contribution in [1.29, 1.82) is 0 Å². The first-order valence-electron chi connectivity index (χ1n) is 7.58. The fourth-order valence-electron chi connectivity index (χ4n) is 2.31. The van der Waals surface area contributed by atoms with Gasteiger partial charge in [-0.25, -0.2) is 0 Å². The summed E-state index contributed by atoms with van der Waals surface area (Å²) in [5.74, 6) is 1.17. The molecule has 0 aliphatic carbocycles. The van der Waals surface area contributed by atoms with Crippen LogP contribution < -0.4 is 27.2 Å². The average Bonchev–Trinajstić information content (AvgIpc) is 2.57. The molecule has 0 amide bonds. The first-order valence-corrected chi connectivity index (χ1v) is 7.96. The van der Waals surface area contributed by atoms with Crippen LogP contribution in [0.3, 0.4) is 0 Å². The number of ether oxygens (including phenoxy) is 2. The van der Waals surface area contributed by atoms with Gasteiger partial charge in [0.25, 0.3) is 0 Å². The second-order valence-electron chi connectivity index (χ2n) is 5.10. The molecule has 0 heterocycles. The highest BCUT2D eigenvalue weighted by molar-refractivity contribution is 6.32. The lowest BCUT2D eigenvalue weighted by Crippen LogP contribution is -3.00. The summed E-state index contributed by atoms with van der Waals surface area (Å²) in [6.45, 7) is 3.46. The van der Waals surface area contributed by atoms with Gasteiger partial charge in [-0.15, -0.1) is 0 Å². The van der Waals surface area contributed by atoms with Gasteiger partial charge in [-0.05, 0) is 30.2 Å². The van der Waals surface area contributed by atoms with Crippen LogP contribution in [0.2, 0.25) is 5.02 Å². The highest BCUT2D eigenvalue weighted by Gasteiger charge is 2.12. The van der Waals surface area contributed by atoms with E-state index in [1.54, 1.807) is 7.11 Å². The van der Waals surface area contributed by atoms with E-state index in [9.17, 15) is 5.11 Å². The van der Waals surface area contributed by atoms with Gasteiger partial charge in [-0.1, -0.05) is 41.9 Å². The minimum atomic E-state index is -0.545. The molecule has 1 atom stereocenters. The van der Waals surface area contributed by atoms with E-state index < -0.39 is 6.10 Å². The van der Waals surface area contributed by atoms with Crippen LogP contribution >= 0.6 is 11.6 Å². The lowest BCUT2D eigenvalue weighted by atomic mass is 10.1. The molecule has 24 heavy (non-hydrogen) atoms. The molecule has 0 aliphatic heterocycles. The first kappa shape index (κ1) is 20.6. The third-order valence-corrected chi connectivity index (χ3v) is 3.71. The number of hydrogen-bond acceptors (Lipinski definition) is 4. The number of methoxy groups -OCH3 is 1. The standard InChI is InChI=1S/C18H22ClNO3.ClH/c1-3-23-18-15(19)9-13(10-17(18)22-2)11-20-12-16(21)14-7-5-4-6-8-14;/h4-10,16,20-21H,3,11-12H2,1-2H3;1H/p-1. The van der Waals surface area contributed by atoms with Crippen LogP contribution in [-0.2, 0) is 6.54 Å². The van der Waals surface area contributed by atoms with Crippen LogP contribution in [0.15, 0.2) is 42.5 Å². The summed E-state index contributed by atoms with van der Waals surface area (Å²) in [4.78, 5) is 0. The predicted molar refractivity (Wildman–Crippen MR) is 92.3 cm³/mol. The maximum absolute atomic E-state index is 10.1. The number of benzene rings is 2. The van der Waals surface area contributed by atoms with E-state index in [0.29, 0.717) is 36.2 Å². The van der Waals surface area contributed by atoms with Crippen molar-refractivity contribution < 1.29 is 27.0 Å². The Morgan fingerprint density at radius 3 is 2.54 bits per heavy atom. The van der Waals surface area contributed by atoms with Crippen molar-refractivity contribution in [3.63, 3.8) is 0 Å². The second kappa shape index (κ2) is 10.4. The van der Waals surface area contributed by atoms with E-state index in [4.69, 9.17) is 21.1 Å². The lowest BCUT2D eigenvalue weighted by Gasteiger charge is -2.15. The molecule has 2 N–H and O–H groups in total. The number of hydrogen-bond donors (Lipinski definition) is 2. The van der Waals surface area contributed by atoms with Crippen molar-refractivity contribution in [2.75, 3.05) is 20.3 Å². The molecule has 0 saturated carbocycles. The quantitative estimate of drug-likeness (QED) is 0.713. The normalized spacial score (nSPS) is 11.5. The van der Waals surface area contributed by atoms with Gasteiger partial charge in [0.05, 0.1) is 24.8 Å². The minimum Gasteiger partial charge on any atom is -1.00 e. The molecule has 0 spiro atoms. The molecule has 0 saturated heterocycles. The fraction of sp³-hybridized carbons (Fsp3) is 0.333. The van der Waals surface area contributed by atoms with Crippen molar-refractivity contribution in [2.24, 2.45) is 0 Å². The Morgan fingerprint density at radius 1 is 1.21 bits per heavy atom. The summed E-state index contributed by atoms with van der Waals surface area (Å²) in [6.07, 6.45) is -0.545. The van der Waals surface area contributed by atoms with E-state index in [-0.39, 0.29) is 12.4 Å². The monoisotopic (exact) mass is 370 g/mol. The number of halogens is 2. The van der Waals surface area contributed by atoms with E-state index in [1.807, 2.05) is 49.4 Å². The van der Waals surface area contributed by atoms with Crippen LogP contribution in [0.5, 0.6) is 11.5 Å². The van der Waals surface area contributed by atoms with Gasteiger partial charge in [0, 0.05) is 13.1 Å². The molecule has 2 aromatic rings. The van der Waals surface area contributed by atoms with Gasteiger partial charge in [0.1, 0.15) is 0 Å². The fourth-order valence-corrected chi connectivity index (χ4v) is 2.59. The molecule has 2 rings (SSSR count). The van der Waals surface area contributed by atoms with Crippen molar-refractivity contribution in [3.05, 3.63) is 58.6 Å². The molecule has 6 heteroatoms. The Balaban J connectivity index is 0.00000288.